The largest absolute Gasteiger partial charge is 0.333 e. The number of imidazole rings is 1. The van der Waals surface area contributed by atoms with Gasteiger partial charge in [-0.15, -0.1) is 0 Å². The molecule has 1 atom stereocenters. The fourth-order valence-corrected chi connectivity index (χ4v) is 2.62. The van der Waals surface area contributed by atoms with Crippen LogP contribution in [-0.2, 0) is 0 Å². The number of fused-ring (bicyclic) bond motifs is 1. The number of rotatable bonds is 4. The Kier molecular flexibility index (Phi) is 3.74. The third-order valence-corrected chi connectivity index (χ3v) is 3.90. The van der Waals surface area contributed by atoms with Gasteiger partial charge in [0.15, 0.2) is 5.16 Å². The molecule has 1 unspecified atom stereocenters. The number of hydrogen-bond donors (Lipinski definition) is 2. The van der Waals surface area contributed by atoms with E-state index in [-0.39, 0.29) is 6.04 Å². The summed E-state index contributed by atoms with van der Waals surface area (Å²) >= 11 is 1.70. The Balaban J connectivity index is 2.09. The fourth-order valence-electron chi connectivity index (χ4n) is 1.54. The average molecular weight is 249 g/mol. The highest BCUT2D eigenvalue weighted by atomic mass is 32.2. The number of aromatic amines is 1. The summed E-state index contributed by atoms with van der Waals surface area (Å²) in [6.07, 6.45) is 0. The molecular formula is C13H19N3S. The molecule has 1 aromatic heterocycles. The number of thioether (sulfide) groups is 1. The van der Waals surface area contributed by atoms with Gasteiger partial charge in [0.2, 0.25) is 0 Å². The molecule has 0 saturated carbocycles. The monoisotopic (exact) mass is 249 g/mol. The second-order valence-electron chi connectivity index (χ2n) is 4.78. The van der Waals surface area contributed by atoms with Crippen molar-refractivity contribution >= 4 is 22.8 Å². The first-order chi connectivity index (χ1) is 8.06. The van der Waals surface area contributed by atoms with E-state index in [1.54, 1.807) is 11.8 Å². The van der Waals surface area contributed by atoms with Crippen LogP contribution in [0.3, 0.4) is 0 Å². The number of aromatic nitrogens is 2. The van der Waals surface area contributed by atoms with Crippen molar-refractivity contribution < 1.29 is 0 Å². The Labute approximate surface area is 106 Å². The smallest absolute Gasteiger partial charge is 0.166 e. The van der Waals surface area contributed by atoms with Gasteiger partial charge in [-0.3, -0.25) is 0 Å². The van der Waals surface area contributed by atoms with Gasteiger partial charge in [0.05, 0.1) is 11.0 Å². The predicted octanol–water partition coefficient (Wildman–Crippen LogP) is 2.95. The molecule has 0 saturated heterocycles. The molecule has 3 N–H and O–H groups in total. The van der Waals surface area contributed by atoms with Crippen molar-refractivity contribution in [3.05, 3.63) is 23.8 Å². The van der Waals surface area contributed by atoms with Crippen LogP contribution in [0.15, 0.2) is 23.4 Å². The minimum absolute atomic E-state index is 0.218. The highest BCUT2D eigenvalue weighted by Crippen LogP contribution is 2.21. The molecule has 0 fully saturated rings. The lowest BCUT2D eigenvalue weighted by Crippen LogP contribution is -2.28. The third kappa shape index (κ3) is 3.01. The number of nitrogens with one attached hydrogen (secondary N) is 1. The molecular weight excluding hydrogens is 230 g/mol. The number of H-pyrrole nitrogens is 1. The number of aryl methyl sites for hydroxylation is 1. The van der Waals surface area contributed by atoms with Crippen molar-refractivity contribution in [2.24, 2.45) is 11.7 Å². The highest BCUT2D eigenvalue weighted by Gasteiger charge is 2.10. The Morgan fingerprint density at radius 1 is 1.41 bits per heavy atom. The van der Waals surface area contributed by atoms with E-state index in [0.717, 1.165) is 21.9 Å². The summed E-state index contributed by atoms with van der Waals surface area (Å²) in [4.78, 5) is 7.86. The Morgan fingerprint density at radius 3 is 2.88 bits per heavy atom. The molecule has 1 heterocycles. The summed E-state index contributed by atoms with van der Waals surface area (Å²) in [6, 6.07) is 6.47. The standard InChI is InChI=1S/C13H19N3S/c1-8(2)10(14)7-17-13-15-11-5-4-9(3)6-12(11)16-13/h4-6,8,10H,7,14H2,1-3H3,(H,15,16). The van der Waals surface area contributed by atoms with Crippen LogP contribution in [0.25, 0.3) is 11.0 Å². The van der Waals surface area contributed by atoms with Gasteiger partial charge < -0.3 is 10.7 Å². The first kappa shape index (κ1) is 12.5. The van der Waals surface area contributed by atoms with Gasteiger partial charge in [-0.1, -0.05) is 31.7 Å². The lowest BCUT2D eigenvalue weighted by atomic mass is 10.1. The topological polar surface area (TPSA) is 54.7 Å². The van der Waals surface area contributed by atoms with Crippen LogP contribution < -0.4 is 5.73 Å². The van der Waals surface area contributed by atoms with Crippen molar-refractivity contribution in [3.8, 4) is 0 Å². The average Bonchev–Trinajstić information content (AvgIpc) is 2.67. The maximum atomic E-state index is 6.02. The quantitative estimate of drug-likeness (QED) is 0.819. The zero-order chi connectivity index (χ0) is 12.4. The van der Waals surface area contributed by atoms with E-state index in [9.17, 15) is 0 Å². The van der Waals surface area contributed by atoms with E-state index >= 15 is 0 Å². The van der Waals surface area contributed by atoms with Gasteiger partial charge in [0.1, 0.15) is 0 Å². The third-order valence-electron chi connectivity index (χ3n) is 2.88. The maximum absolute atomic E-state index is 6.02. The van der Waals surface area contributed by atoms with Crippen molar-refractivity contribution in [1.82, 2.24) is 9.97 Å². The second kappa shape index (κ2) is 5.10. The molecule has 3 nitrogen and oxygen atoms in total. The molecule has 0 aliphatic carbocycles. The Morgan fingerprint density at radius 2 is 2.18 bits per heavy atom. The maximum Gasteiger partial charge on any atom is 0.166 e. The first-order valence-electron chi connectivity index (χ1n) is 5.91. The Hall–Kier alpha value is -1.00. The van der Waals surface area contributed by atoms with Gasteiger partial charge in [-0.25, -0.2) is 4.98 Å². The van der Waals surface area contributed by atoms with E-state index in [1.165, 1.54) is 5.56 Å². The first-order valence-corrected chi connectivity index (χ1v) is 6.89. The molecule has 2 rings (SSSR count). The van der Waals surface area contributed by atoms with E-state index in [4.69, 9.17) is 5.73 Å². The van der Waals surface area contributed by atoms with Crippen LogP contribution in [0.5, 0.6) is 0 Å². The molecule has 2 aromatic rings. The number of nitrogens with zero attached hydrogens (tertiary/aromatic N) is 1. The summed E-state index contributed by atoms with van der Waals surface area (Å²) in [5.74, 6) is 1.41. The van der Waals surface area contributed by atoms with E-state index in [1.807, 2.05) is 6.07 Å². The van der Waals surface area contributed by atoms with Crippen molar-refractivity contribution in [3.63, 3.8) is 0 Å². The summed E-state index contributed by atoms with van der Waals surface area (Å²) in [5.41, 5.74) is 9.39. The van der Waals surface area contributed by atoms with Crippen LogP contribution in [-0.4, -0.2) is 21.8 Å². The van der Waals surface area contributed by atoms with E-state index in [2.05, 4.69) is 42.9 Å². The van der Waals surface area contributed by atoms with E-state index in [0.29, 0.717) is 5.92 Å². The van der Waals surface area contributed by atoms with Crippen LogP contribution in [0, 0.1) is 12.8 Å². The molecule has 4 heteroatoms. The van der Waals surface area contributed by atoms with Gasteiger partial charge in [0.25, 0.3) is 0 Å². The normalized spacial score (nSPS) is 13.5. The number of hydrogen-bond acceptors (Lipinski definition) is 3. The number of benzene rings is 1. The molecule has 0 bridgehead atoms. The van der Waals surface area contributed by atoms with Gasteiger partial charge in [-0.05, 0) is 30.5 Å². The molecule has 1 aromatic carbocycles. The Bertz CT molecular complexity index is 504. The molecule has 0 aliphatic rings. The molecule has 0 amide bonds. The molecule has 17 heavy (non-hydrogen) atoms. The fraction of sp³-hybridized carbons (Fsp3) is 0.462. The minimum Gasteiger partial charge on any atom is -0.333 e. The zero-order valence-corrected chi connectivity index (χ0v) is 11.3. The molecule has 0 spiro atoms. The molecule has 92 valence electrons. The van der Waals surface area contributed by atoms with Crippen LogP contribution in [0.2, 0.25) is 0 Å². The zero-order valence-electron chi connectivity index (χ0n) is 10.5. The van der Waals surface area contributed by atoms with Gasteiger partial charge in [-0.2, -0.15) is 0 Å². The van der Waals surface area contributed by atoms with Crippen LogP contribution >= 0.6 is 11.8 Å². The lowest BCUT2D eigenvalue weighted by Gasteiger charge is -2.13. The summed E-state index contributed by atoms with van der Waals surface area (Å²) in [6.45, 7) is 6.38. The summed E-state index contributed by atoms with van der Waals surface area (Å²) < 4.78 is 0. The van der Waals surface area contributed by atoms with Crippen LogP contribution in [0.1, 0.15) is 19.4 Å². The van der Waals surface area contributed by atoms with Crippen molar-refractivity contribution in [2.45, 2.75) is 32.0 Å². The highest BCUT2D eigenvalue weighted by molar-refractivity contribution is 7.99. The van der Waals surface area contributed by atoms with Gasteiger partial charge in [0, 0.05) is 11.8 Å². The van der Waals surface area contributed by atoms with Gasteiger partial charge >= 0.3 is 0 Å². The van der Waals surface area contributed by atoms with Crippen molar-refractivity contribution in [1.29, 1.82) is 0 Å². The second-order valence-corrected chi connectivity index (χ2v) is 5.79. The van der Waals surface area contributed by atoms with E-state index < -0.39 is 0 Å². The van der Waals surface area contributed by atoms with Crippen LogP contribution in [0.4, 0.5) is 0 Å². The summed E-state index contributed by atoms with van der Waals surface area (Å²) in [5, 5.41) is 0.960. The molecule has 0 aliphatic heterocycles. The SMILES string of the molecule is Cc1ccc2nc(SCC(N)C(C)C)[nH]c2c1. The number of nitrogens with two attached hydrogens (primary N) is 1. The minimum atomic E-state index is 0.218. The predicted molar refractivity (Wildman–Crippen MR) is 74.4 cm³/mol. The molecule has 0 radical (unpaired) electrons. The summed E-state index contributed by atoms with van der Waals surface area (Å²) in [7, 11) is 0. The lowest BCUT2D eigenvalue weighted by molar-refractivity contribution is 0.535. The van der Waals surface area contributed by atoms with Crippen molar-refractivity contribution in [2.75, 3.05) is 5.75 Å².